The first-order chi connectivity index (χ1) is 14.9. The molecule has 1 aliphatic rings. The molecule has 0 radical (unpaired) electrons. The van der Waals surface area contributed by atoms with Crippen molar-refractivity contribution in [3.05, 3.63) is 47.8 Å². The fourth-order valence-electron chi connectivity index (χ4n) is 4.62. The van der Waals surface area contributed by atoms with Crippen LogP contribution >= 0.6 is 0 Å². The Morgan fingerprint density at radius 1 is 1.35 bits per heavy atom. The normalized spacial score (nSPS) is 21.7. The maximum absolute atomic E-state index is 14.4. The third-order valence-corrected chi connectivity index (χ3v) is 6.33. The number of hydrogen-bond acceptors (Lipinski definition) is 6. The summed E-state index contributed by atoms with van der Waals surface area (Å²) >= 11 is 0. The van der Waals surface area contributed by atoms with Crippen molar-refractivity contribution in [2.24, 2.45) is 0 Å². The Hall–Kier alpha value is -3.20. The molecule has 1 aromatic carbocycles. The lowest BCUT2D eigenvalue weighted by Gasteiger charge is -2.35. The predicted octanol–water partition coefficient (Wildman–Crippen LogP) is 3.37. The van der Waals surface area contributed by atoms with E-state index in [-0.39, 0.29) is 17.6 Å². The molecule has 0 spiro atoms. The van der Waals surface area contributed by atoms with Gasteiger partial charge in [-0.3, -0.25) is 0 Å². The van der Waals surface area contributed by atoms with Crippen LogP contribution in [0, 0.1) is 5.82 Å². The van der Waals surface area contributed by atoms with Gasteiger partial charge in [0.15, 0.2) is 23.0 Å². The second kappa shape index (κ2) is 7.19. The maximum Gasteiger partial charge on any atom is 0.223 e. The van der Waals surface area contributed by atoms with E-state index in [1.165, 1.54) is 23.8 Å². The first-order valence-corrected chi connectivity index (χ1v) is 10.5. The molecule has 0 bridgehead atoms. The van der Waals surface area contributed by atoms with Crippen molar-refractivity contribution in [1.82, 2.24) is 24.1 Å². The van der Waals surface area contributed by atoms with E-state index >= 15 is 0 Å². The van der Waals surface area contributed by atoms with Crippen LogP contribution in [0.15, 0.2) is 30.6 Å². The Balaban J connectivity index is 1.56. The molecule has 31 heavy (non-hydrogen) atoms. The molecule has 5 rings (SSSR count). The van der Waals surface area contributed by atoms with Crippen LogP contribution < -0.4 is 10.5 Å². The zero-order chi connectivity index (χ0) is 21.8. The van der Waals surface area contributed by atoms with Gasteiger partial charge in [0.1, 0.15) is 0 Å². The molecular weight excluding hydrogens is 399 g/mol. The first-order valence-electron chi connectivity index (χ1n) is 10.5. The number of ether oxygens (including phenoxy) is 1. The van der Waals surface area contributed by atoms with Crippen molar-refractivity contribution < 1.29 is 14.2 Å². The van der Waals surface area contributed by atoms with Crippen LogP contribution in [0.2, 0.25) is 0 Å². The molecule has 1 aliphatic carbocycles. The molecule has 8 nitrogen and oxygen atoms in total. The van der Waals surface area contributed by atoms with Crippen LogP contribution in [-0.2, 0) is 12.1 Å². The summed E-state index contributed by atoms with van der Waals surface area (Å²) in [4.78, 5) is 9.05. The highest BCUT2D eigenvalue weighted by atomic mass is 19.1. The van der Waals surface area contributed by atoms with Crippen LogP contribution in [0.25, 0.3) is 16.6 Å². The van der Waals surface area contributed by atoms with Crippen molar-refractivity contribution in [3.8, 4) is 5.75 Å². The van der Waals surface area contributed by atoms with E-state index in [2.05, 4.69) is 21.6 Å². The minimum atomic E-state index is -0.924. The molecule has 9 heteroatoms. The van der Waals surface area contributed by atoms with E-state index in [4.69, 9.17) is 15.5 Å². The third kappa shape index (κ3) is 3.20. The minimum absolute atomic E-state index is 0.0406. The van der Waals surface area contributed by atoms with Gasteiger partial charge in [-0.05, 0) is 44.7 Å². The highest BCUT2D eigenvalue weighted by molar-refractivity contribution is 5.93. The number of fused-ring (bicyclic) bond motifs is 3. The average Bonchev–Trinajstić information content (AvgIpc) is 3.42. The van der Waals surface area contributed by atoms with Crippen molar-refractivity contribution >= 4 is 22.5 Å². The fraction of sp³-hybridized carbons (Fsp3) is 0.409. The number of aliphatic hydroxyl groups is 1. The monoisotopic (exact) mass is 424 g/mol. The van der Waals surface area contributed by atoms with Crippen molar-refractivity contribution in [1.29, 1.82) is 0 Å². The summed E-state index contributed by atoms with van der Waals surface area (Å²) in [7, 11) is 1.40. The summed E-state index contributed by atoms with van der Waals surface area (Å²) in [5, 5.41) is 16.5. The molecule has 1 saturated carbocycles. The summed E-state index contributed by atoms with van der Waals surface area (Å²) in [6.07, 6.45) is 6.93. The van der Waals surface area contributed by atoms with Gasteiger partial charge >= 0.3 is 0 Å². The molecule has 3 N–H and O–H groups in total. The van der Waals surface area contributed by atoms with E-state index in [1.807, 2.05) is 18.5 Å². The van der Waals surface area contributed by atoms with Gasteiger partial charge in [-0.2, -0.15) is 4.52 Å². The Morgan fingerprint density at radius 3 is 2.94 bits per heavy atom. The second-order valence-corrected chi connectivity index (χ2v) is 8.23. The van der Waals surface area contributed by atoms with Crippen molar-refractivity contribution in [2.75, 3.05) is 12.8 Å². The number of nitrogens with zero attached hydrogens (tertiary/aromatic N) is 5. The predicted molar refractivity (Wildman–Crippen MR) is 114 cm³/mol. The van der Waals surface area contributed by atoms with E-state index in [9.17, 15) is 9.50 Å². The number of nitrogen functional groups attached to an aromatic ring is 1. The van der Waals surface area contributed by atoms with Gasteiger partial charge in [-0.15, -0.1) is 5.10 Å². The van der Waals surface area contributed by atoms with E-state index in [0.29, 0.717) is 35.2 Å². The number of hydrogen-bond donors (Lipinski definition) is 2. The van der Waals surface area contributed by atoms with Crippen LogP contribution in [-0.4, -0.2) is 36.4 Å². The van der Waals surface area contributed by atoms with Gasteiger partial charge in [0.25, 0.3) is 0 Å². The van der Waals surface area contributed by atoms with Gasteiger partial charge in [0, 0.05) is 41.9 Å². The molecule has 1 fully saturated rings. The van der Waals surface area contributed by atoms with Crippen LogP contribution in [0.3, 0.4) is 0 Å². The topological polar surface area (TPSA) is 103 Å². The van der Waals surface area contributed by atoms with Gasteiger partial charge in [-0.1, -0.05) is 0 Å². The highest BCUT2D eigenvalue weighted by Crippen LogP contribution is 2.44. The number of nitrogens with two attached hydrogens (primary N) is 1. The average molecular weight is 424 g/mol. The van der Waals surface area contributed by atoms with Crippen molar-refractivity contribution in [3.63, 3.8) is 0 Å². The summed E-state index contributed by atoms with van der Waals surface area (Å²) in [6, 6.07) is 4.83. The van der Waals surface area contributed by atoms with Crippen LogP contribution in [0.5, 0.6) is 5.75 Å². The summed E-state index contributed by atoms with van der Waals surface area (Å²) in [5.41, 5.74) is 7.05. The lowest BCUT2D eigenvalue weighted by Crippen LogP contribution is -2.32. The van der Waals surface area contributed by atoms with Crippen molar-refractivity contribution in [2.45, 2.75) is 50.7 Å². The van der Waals surface area contributed by atoms with Gasteiger partial charge in [-0.25, -0.2) is 14.4 Å². The van der Waals surface area contributed by atoms with E-state index < -0.39 is 11.4 Å². The van der Waals surface area contributed by atoms with Crippen LogP contribution in [0.4, 0.5) is 10.3 Å². The first kappa shape index (κ1) is 19.7. The fourth-order valence-corrected chi connectivity index (χ4v) is 4.62. The molecule has 4 aromatic rings. The largest absolute Gasteiger partial charge is 0.494 e. The number of benzene rings is 1. The molecular formula is C22H25FN6O2. The number of halogens is 1. The molecule has 2 unspecified atom stereocenters. The standard InChI is InChI=1S/C22H25FN6O2/c1-3-28-8-6-14(12-28)22(30)7-4-5-13(11-22)19-26-20-15-9-16(23)18(31-2)10-17(15)25-21(24)29(20)27-19/h6,8-10,12-13,30H,3-5,7,11H2,1-2H3,(H2,24,25). The maximum atomic E-state index is 14.4. The third-order valence-electron chi connectivity index (χ3n) is 6.33. The van der Waals surface area contributed by atoms with Gasteiger partial charge < -0.3 is 20.1 Å². The number of aromatic nitrogens is 5. The minimum Gasteiger partial charge on any atom is -0.494 e. The Labute approximate surface area is 178 Å². The molecule has 3 heterocycles. The SMILES string of the molecule is CCn1ccc(C2(O)CCCC(c3nc4c5cc(F)c(OC)cc5nc(N)n4n3)C2)c1. The molecule has 0 amide bonds. The highest BCUT2D eigenvalue weighted by Gasteiger charge is 2.38. The molecule has 162 valence electrons. The molecule has 2 atom stereocenters. The van der Waals surface area contributed by atoms with E-state index in [0.717, 1.165) is 24.9 Å². The van der Waals surface area contributed by atoms with E-state index in [1.54, 1.807) is 0 Å². The molecule has 0 saturated heterocycles. The summed E-state index contributed by atoms with van der Waals surface area (Å²) in [5.74, 6) is 0.313. The smallest absolute Gasteiger partial charge is 0.223 e. The zero-order valence-corrected chi connectivity index (χ0v) is 17.5. The lowest BCUT2D eigenvalue weighted by molar-refractivity contribution is -0.00939. The van der Waals surface area contributed by atoms with Crippen LogP contribution in [0.1, 0.15) is 49.9 Å². The summed E-state index contributed by atoms with van der Waals surface area (Å²) < 4.78 is 22.9. The lowest BCUT2D eigenvalue weighted by atomic mass is 9.75. The summed E-state index contributed by atoms with van der Waals surface area (Å²) in [6.45, 7) is 2.92. The number of aryl methyl sites for hydroxylation is 1. The Bertz CT molecular complexity index is 1280. The second-order valence-electron chi connectivity index (χ2n) is 8.23. The van der Waals surface area contributed by atoms with Gasteiger partial charge in [0.05, 0.1) is 18.2 Å². The molecule has 0 aliphatic heterocycles. The number of rotatable bonds is 4. The Kier molecular flexibility index (Phi) is 4.58. The number of anilines is 1. The van der Waals surface area contributed by atoms with Gasteiger partial charge in [0.2, 0.25) is 5.95 Å². The quantitative estimate of drug-likeness (QED) is 0.521. The number of methoxy groups -OCH3 is 1. The molecule has 3 aromatic heterocycles. The zero-order valence-electron chi connectivity index (χ0n) is 17.5. The Morgan fingerprint density at radius 2 is 2.19 bits per heavy atom.